The van der Waals surface area contributed by atoms with Gasteiger partial charge in [-0.05, 0) is 51.0 Å². The summed E-state index contributed by atoms with van der Waals surface area (Å²) in [5.74, 6) is -2.50. The molecule has 2 aliphatic heterocycles. The molecule has 1 aromatic heterocycles. The minimum atomic E-state index is -1.22. The van der Waals surface area contributed by atoms with Crippen molar-refractivity contribution < 1.29 is 38.5 Å². The topological polar surface area (TPSA) is 127 Å². The lowest BCUT2D eigenvalue weighted by molar-refractivity contribution is -0.213. The van der Waals surface area contributed by atoms with Crippen molar-refractivity contribution >= 4 is 17.7 Å². The van der Waals surface area contributed by atoms with Gasteiger partial charge >= 0.3 is 11.9 Å². The first-order chi connectivity index (χ1) is 15.7. The number of furan rings is 1. The number of cyclic esters (lactones) is 1. The van der Waals surface area contributed by atoms with Gasteiger partial charge in [-0.2, -0.15) is 0 Å². The number of hydrogen-bond donors (Lipinski definition) is 2. The zero-order chi connectivity index (χ0) is 24.9. The lowest BCUT2D eigenvalue weighted by Gasteiger charge is -2.65. The number of hydrogen-bond acceptors (Lipinski definition) is 7. The number of carbonyl (C=O) groups is 3. The van der Waals surface area contributed by atoms with Crippen LogP contribution in [-0.4, -0.2) is 45.2 Å². The Bertz CT molecular complexity index is 1080. The summed E-state index contributed by atoms with van der Waals surface area (Å²) in [4.78, 5) is 38.6. The summed E-state index contributed by atoms with van der Waals surface area (Å²) in [6.45, 7) is 9.13. The van der Waals surface area contributed by atoms with Crippen LogP contribution in [-0.2, 0) is 23.9 Å². The first-order valence-corrected chi connectivity index (χ1v) is 11.8. The van der Waals surface area contributed by atoms with E-state index in [1.165, 1.54) is 6.26 Å². The minimum Gasteiger partial charge on any atom is -0.478 e. The highest BCUT2D eigenvalue weighted by atomic mass is 16.7. The van der Waals surface area contributed by atoms with Gasteiger partial charge in [0.25, 0.3) is 0 Å². The molecule has 4 aliphatic rings. The largest absolute Gasteiger partial charge is 0.478 e. The Labute approximate surface area is 198 Å². The highest BCUT2D eigenvalue weighted by Crippen LogP contribution is 2.78. The monoisotopic (exact) mass is 472 g/mol. The second-order valence-corrected chi connectivity index (χ2v) is 11.7. The van der Waals surface area contributed by atoms with Crippen molar-refractivity contribution in [1.29, 1.82) is 0 Å². The van der Waals surface area contributed by atoms with Gasteiger partial charge in [0.15, 0.2) is 6.10 Å². The Hall–Kier alpha value is -2.45. The van der Waals surface area contributed by atoms with Gasteiger partial charge in [0, 0.05) is 29.4 Å². The normalized spacial score (nSPS) is 45.8. The van der Waals surface area contributed by atoms with Gasteiger partial charge in [-0.1, -0.05) is 19.9 Å². The van der Waals surface area contributed by atoms with E-state index < -0.39 is 57.5 Å². The van der Waals surface area contributed by atoms with Crippen molar-refractivity contribution in [3.05, 3.63) is 36.3 Å². The van der Waals surface area contributed by atoms with Gasteiger partial charge in [0.05, 0.1) is 23.5 Å². The van der Waals surface area contributed by atoms with Crippen LogP contribution in [0.15, 0.2) is 35.2 Å². The standard InChI is InChI=1S/C26H32O8/c1-22(2,31)16-12-17(27)25(5)15(23(16,3)9-7-18(28)29)6-10-24(4)19(14-8-11-32-13-14)33-21(30)20-26(24,25)34-20/h7-9,11,13,15-16,19-20,31H,6,10,12H2,1-5H3,(H,28,29)/t15-,16?,19+,20-,23-,24-,25-,26-/m1/s1. The van der Waals surface area contributed by atoms with Gasteiger partial charge in [-0.25, -0.2) is 9.59 Å². The third kappa shape index (κ3) is 2.64. The number of carboxylic acids is 1. The highest BCUT2D eigenvalue weighted by molar-refractivity contribution is 5.93. The number of carboxylic acid groups (broad SMARTS) is 1. The van der Waals surface area contributed by atoms with Crippen molar-refractivity contribution in [3.63, 3.8) is 0 Å². The molecule has 1 aromatic rings. The van der Waals surface area contributed by atoms with E-state index in [9.17, 15) is 24.6 Å². The number of epoxide rings is 1. The molecule has 4 fully saturated rings. The Balaban J connectivity index is 1.69. The summed E-state index contributed by atoms with van der Waals surface area (Å²) in [5, 5.41) is 20.5. The third-order valence-electron chi connectivity index (χ3n) is 9.67. The van der Waals surface area contributed by atoms with E-state index in [0.29, 0.717) is 12.8 Å². The number of ether oxygens (including phenoxy) is 2. The fourth-order valence-corrected chi connectivity index (χ4v) is 8.15. The lowest BCUT2D eigenvalue weighted by Crippen LogP contribution is -2.71. The van der Waals surface area contributed by atoms with Gasteiger partial charge in [-0.3, -0.25) is 4.79 Å². The number of ketones is 1. The molecule has 2 saturated carbocycles. The first-order valence-electron chi connectivity index (χ1n) is 11.8. The van der Waals surface area contributed by atoms with Crippen molar-refractivity contribution in [2.45, 2.75) is 77.3 Å². The second kappa shape index (κ2) is 6.82. The van der Waals surface area contributed by atoms with Crippen molar-refractivity contribution in [1.82, 2.24) is 0 Å². The maximum atomic E-state index is 14.1. The maximum absolute atomic E-state index is 14.1. The van der Waals surface area contributed by atoms with E-state index in [2.05, 4.69) is 0 Å². The van der Waals surface area contributed by atoms with E-state index in [4.69, 9.17) is 13.9 Å². The van der Waals surface area contributed by atoms with Crippen LogP contribution in [0.4, 0.5) is 0 Å². The Kier molecular flexibility index (Phi) is 4.67. The summed E-state index contributed by atoms with van der Waals surface area (Å²) in [7, 11) is 0. The summed E-state index contributed by atoms with van der Waals surface area (Å²) in [6, 6.07) is 1.76. The molecule has 8 heteroatoms. The molecular formula is C26H32O8. The quantitative estimate of drug-likeness (QED) is 0.388. The first kappa shape index (κ1) is 23.3. The van der Waals surface area contributed by atoms with Crippen molar-refractivity contribution in [2.24, 2.45) is 28.1 Å². The van der Waals surface area contributed by atoms with Crippen LogP contribution in [0.1, 0.15) is 65.5 Å². The fourth-order valence-electron chi connectivity index (χ4n) is 8.15. The van der Waals surface area contributed by atoms with Crippen molar-refractivity contribution in [2.75, 3.05) is 0 Å². The average Bonchev–Trinajstić information content (AvgIpc) is 3.31. The predicted octanol–water partition coefficient (Wildman–Crippen LogP) is 3.44. The Morgan fingerprint density at radius 2 is 1.91 bits per heavy atom. The van der Waals surface area contributed by atoms with Crippen molar-refractivity contribution in [3.8, 4) is 0 Å². The second-order valence-electron chi connectivity index (χ2n) is 11.7. The number of Topliss-reactive ketones (excluding diaryl/α,β-unsaturated/α-hetero) is 1. The van der Waals surface area contributed by atoms with Crippen LogP contribution in [0, 0.1) is 28.1 Å². The zero-order valence-corrected chi connectivity index (χ0v) is 20.2. The molecule has 2 N–H and O–H groups in total. The molecule has 8 atom stereocenters. The van der Waals surface area contributed by atoms with Crippen LogP contribution in [0.2, 0.25) is 0 Å². The van der Waals surface area contributed by atoms with E-state index in [0.717, 1.165) is 11.6 Å². The summed E-state index contributed by atoms with van der Waals surface area (Å²) >= 11 is 0. The van der Waals surface area contributed by atoms with Crippen LogP contribution >= 0.6 is 0 Å². The molecule has 2 aliphatic carbocycles. The molecule has 8 nitrogen and oxygen atoms in total. The summed E-state index contributed by atoms with van der Waals surface area (Å²) < 4.78 is 17.4. The van der Waals surface area contributed by atoms with Gasteiger partial charge in [0.1, 0.15) is 17.5 Å². The molecule has 3 heterocycles. The summed E-state index contributed by atoms with van der Waals surface area (Å²) in [6.07, 6.45) is 5.56. The Morgan fingerprint density at radius 3 is 2.50 bits per heavy atom. The van der Waals surface area contributed by atoms with Gasteiger partial charge in [-0.15, -0.1) is 0 Å². The number of fused-ring (bicyclic) bond motifs is 1. The van der Waals surface area contributed by atoms with Crippen LogP contribution in [0.5, 0.6) is 0 Å². The smallest absolute Gasteiger partial charge is 0.339 e. The molecule has 2 saturated heterocycles. The van der Waals surface area contributed by atoms with E-state index >= 15 is 0 Å². The molecular weight excluding hydrogens is 440 g/mol. The number of carbonyl (C=O) groups excluding carboxylic acids is 2. The molecule has 5 rings (SSSR count). The van der Waals surface area contributed by atoms with E-state index in [1.807, 2.05) is 20.8 Å². The number of aliphatic carboxylic acids is 1. The van der Waals surface area contributed by atoms with Crippen LogP contribution < -0.4 is 0 Å². The van der Waals surface area contributed by atoms with Gasteiger partial charge < -0.3 is 24.1 Å². The van der Waals surface area contributed by atoms with Crippen LogP contribution in [0.25, 0.3) is 0 Å². The number of allylic oxidation sites excluding steroid dienone is 1. The third-order valence-corrected chi connectivity index (χ3v) is 9.67. The number of aliphatic hydroxyl groups is 1. The molecule has 1 spiro atoms. The Morgan fingerprint density at radius 1 is 1.21 bits per heavy atom. The maximum Gasteiger partial charge on any atom is 0.339 e. The number of esters is 1. The minimum absolute atomic E-state index is 0.0519. The molecule has 0 bridgehead atoms. The molecule has 0 aromatic carbocycles. The van der Waals surface area contributed by atoms with Crippen LogP contribution in [0.3, 0.4) is 0 Å². The average molecular weight is 473 g/mol. The molecule has 184 valence electrons. The van der Waals surface area contributed by atoms with Gasteiger partial charge in [0.2, 0.25) is 0 Å². The zero-order valence-electron chi connectivity index (χ0n) is 20.2. The SMILES string of the molecule is CC(C)(O)C1CC(=O)[C@@]2(C)[C@H](CC[C@]3(C)[C@H](c4ccoc4)OC(=O)[C@H]4O[C@@]423)[C@@]1(C)C=CC(=O)O. The van der Waals surface area contributed by atoms with E-state index in [1.54, 1.807) is 32.3 Å². The fraction of sp³-hybridized carbons (Fsp3) is 0.654. The summed E-state index contributed by atoms with van der Waals surface area (Å²) in [5.41, 5.74) is -4.17. The van der Waals surface area contributed by atoms with E-state index in [-0.39, 0.29) is 18.1 Å². The molecule has 0 amide bonds. The number of rotatable bonds is 4. The lowest BCUT2D eigenvalue weighted by atomic mass is 9.37. The predicted molar refractivity (Wildman–Crippen MR) is 118 cm³/mol. The molecule has 34 heavy (non-hydrogen) atoms. The molecule has 0 radical (unpaired) electrons. The molecule has 1 unspecified atom stereocenters. The highest BCUT2D eigenvalue weighted by Gasteiger charge is 2.88.